The van der Waals surface area contributed by atoms with Crippen molar-refractivity contribution in [3.63, 3.8) is 0 Å². The summed E-state index contributed by atoms with van der Waals surface area (Å²) in [5.41, 5.74) is 0. The average Bonchev–Trinajstić information content (AvgIpc) is 2.95. The first-order valence-corrected chi connectivity index (χ1v) is 7.00. The molecule has 2 heterocycles. The van der Waals surface area contributed by atoms with Gasteiger partial charge in [0, 0.05) is 36.6 Å². The molecule has 94 valence electrons. The van der Waals surface area contributed by atoms with Crippen LogP contribution in [0.3, 0.4) is 0 Å². The number of nitrogens with one attached hydrogen (secondary N) is 1. The van der Waals surface area contributed by atoms with Crippen LogP contribution in [-0.2, 0) is 4.79 Å². The van der Waals surface area contributed by atoms with Gasteiger partial charge in [-0.15, -0.1) is 11.3 Å². The van der Waals surface area contributed by atoms with E-state index in [4.69, 9.17) is 0 Å². The highest BCUT2D eigenvalue weighted by atomic mass is 32.1. The summed E-state index contributed by atoms with van der Waals surface area (Å²) in [4.78, 5) is 18.2. The molecule has 1 saturated heterocycles. The van der Waals surface area contributed by atoms with E-state index in [9.17, 15) is 4.79 Å². The summed E-state index contributed by atoms with van der Waals surface area (Å²) in [5.74, 6) is 0.195. The number of carbonyl (C=O) groups excluding carboxylic acids is 1. The number of hydrogen-bond acceptors (Lipinski definition) is 4. The molecular formula is C12H19N3OS. The molecule has 1 amide bonds. The predicted molar refractivity (Wildman–Crippen MR) is 70.3 cm³/mol. The Kier molecular flexibility index (Phi) is 3.99. The smallest absolute Gasteiger partial charge is 0.222 e. The van der Waals surface area contributed by atoms with Gasteiger partial charge < -0.3 is 10.2 Å². The van der Waals surface area contributed by atoms with Gasteiger partial charge in [0.25, 0.3) is 0 Å². The molecule has 1 aromatic heterocycles. The third-order valence-electron chi connectivity index (χ3n) is 3.08. The highest BCUT2D eigenvalue weighted by molar-refractivity contribution is 7.13. The number of thiazole rings is 1. The second-order valence-electron chi connectivity index (χ2n) is 4.70. The van der Waals surface area contributed by atoms with Gasteiger partial charge in [0.05, 0.1) is 0 Å². The zero-order valence-corrected chi connectivity index (χ0v) is 11.2. The number of aromatic nitrogens is 1. The van der Waals surface area contributed by atoms with E-state index in [0.29, 0.717) is 6.04 Å². The summed E-state index contributed by atoms with van der Waals surface area (Å²) < 4.78 is 0. The highest BCUT2D eigenvalue weighted by Crippen LogP contribution is 2.26. The van der Waals surface area contributed by atoms with Crippen LogP contribution in [0.4, 0.5) is 5.13 Å². The SMILES string of the molecule is CC(C)C(=O)NCC1CCCN1c1nccs1. The van der Waals surface area contributed by atoms with Crippen LogP contribution >= 0.6 is 11.3 Å². The Labute approximate surface area is 106 Å². The molecule has 0 spiro atoms. The molecule has 5 heteroatoms. The van der Waals surface area contributed by atoms with E-state index < -0.39 is 0 Å². The largest absolute Gasteiger partial charge is 0.354 e. The van der Waals surface area contributed by atoms with Gasteiger partial charge in [0.15, 0.2) is 5.13 Å². The summed E-state index contributed by atoms with van der Waals surface area (Å²) in [6, 6.07) is 0.406. The van der Waals surface area contributed by atoms with Crippen LogP contribution < -0.4 is 10.2 Å². The zero-order chi connectivity index (χ0) is 12.3. The Morgan fingerprint density at radius 1 is 1.71 bits per heavy atom. The van der Waals surface area contributed by atoms with Gasteiger partial charge in [0.2, 0.25) is 5.91 Å². The van der Waals surface area contributed by atoms with Crippen molar-refractivity contribution >= 4 is 22.4 Å². The van der Waals surface area contributed by atoms with Crippen LogP contribution in [0.2, 0.25) is 0 Å². The van der Waals surface area contributed by atoms with Crippen molar-refractivity contribution in [1.29, 1.82) is 0 Å². The van der Waals surface area contributed by atoms with Crippen LogP contribution in [0.25, 0.3) is 0 Å². The average molecular weight is 253 g/mol. The number of hydrogen-bond donors (Lipinski definition) is 1. The molecule has 0 saturated carbocycles. The van der Waals surface area contributed by atoms with Crippen LogP contribution in [0.1, 0.15) is 26.7 Å². The van der Waals surface area contributed by atoms with Crippen LogP contribution in [-0.4, -0.2) is 30.0 Å². The Morgan fingerprint density at radius 3 is 3.18 bits per heavy atom. The summed E-state index contributed by atoms with van der Waals surface area (Å²) in [5, 5.41) is 6.08. The molecule has 1 atom stereocenters. The number of amides is 1. The van der Waals surface area contributed by atoms with Gasteiger partial charge in [0.1, 0.15) is 0 Å². The predicted octanol–water partition coefficient (Wildman–Crippen LogP) is 1.88. The van der Waals surface area contributed by atoms with Gasteiger partial charge >= 0.3 is 0 Å². The molecule has 1 fully saturated rings. The molecule has 1 aromatic rings. The van der Waals surface area contributed by atoms with Gasteiger partial charge in [-0.2, -0.15) is 0 Å². The first-order chi connectivity index (χ1) is 8.18. The van der Waals surface area contributed by atoms with Crippen molar-refractivity contribution < 1.29 is 4.79 Å². The minimum Gasteiger partial charge on any atom is -0.354 e. The van der Waals surface area contributed by atoms with Crippen molar-refractivity contribution in [3.05, 3.63) is 11.6 Å². The van der Waals surface area contributed by atoms with Crippen molar-refractivity contribution in [2.45, 2.75) is 32.7 Å². The van der Waals surface area contributed by atoms with Crippen LogP contribution in [0.5, 0.6) is 0 Å². The molecule has 4 nitrogen and oxygen atoms in total. The summed E-state index contributed by atoms with van der Waals surface area (Å²) in [6.07, 6.45) is 4.15. The van der Waals surface area contributed by atoms with E-state index >= 15 is 0 Å². The number of anilines is 1. The van der Waals surface area contributed by atoms with E-state index in [1.165, 1.54) is 6.42 Å². The van der Waals surface area contributed by atoms with Crippen LogP contribution in [0.15, 0.2) is 11.6 Å². The highest BCUT2D eigenvalue weighted by Gasteiger charge is 2.26. The van der Waals surface area contributed by atoms with Crippen molar-refractivity contribution in [2.24, 2.45) is 5.92 Å². The fourth-order valence-electron chi connectivity index (χ4n) is 2.08. The van der Waals surface area contributed by atoms with Crippen molar-refractivity contribution in [3.8, 4) is 0 Å². The maximum atomic E-state index is 11.6. The molecule has 1 unspecified atom stereocenters. The fraction of sp³-hybridized carbons (Fsp3) is 0.667. The Balaban J connectivity index is 1.90. The zero-order valence-electron chi connectivity index (χ0n) is 10.3. The summed E-state index contributed by atoms with van der Waals surface area (Å²) in [6.45, 7) is 5.62. The summed E-state index contributed by atoms with van der Waals surface area (Å²) in [7, 11) is 0. The van der Waals surface area contributed by atoms with E-state index in [1.54, 1.807) is 11.3 Å². The Morgan fingerprint density at radius 2 is 2.53 bits per heavy atom. The maximum Gasteiger partial charge on any atom is 0.222 e. The first-order valence-electron chi connectivity index (χ1n) is 6.12. The second-order valence-corrected chi connectivity index (χ2v) is 5.58. The number of rotatable bonds is 4. The molecule has 2 rings (SSSR count). The molecule has 17 heavy (non-hydrogen) atoms. The first kappa shape index (κ1) is 12.4. The lowest BCUT2D eigenvalue weighted by atomic mass is 10.2. The normalized spacial score (nSPS) is 19.9. The van der Waals surface area contributed by atoms with Gasteiger partial charge in [-0.25, -0.2) is 4.98 Å². The van der Waals surface area contributed by atoms with E-state index in [1.807, 2.05) is 25.4 Å². The molecule has 0 bridgehead atoms. The van der Waals surface area contributed by atoms with Gasteiger partial charge in [-0.3, -0.25) is 4.79 Å². The molecule has 1 N–H and O–H groups in total. The van der Waals surface area contributed by atoms with E-state index in [-0.39, 0.29) is 11.8 Å². The maximum absolute atomic E-state index is 11.6. The van der Waals surface area contributed by atoms with Crippen molar-refractivity contribution in [1.82, 2.24) is 10.3 Å². The van der Waals surface area contributed by atoms with Crippen molar-refractivity contribution in [2.75, 3.05) is 18.0 Å². The minimum atomic E-state index is 0.0599. The van der Waals surface area contributed by atoms with E-state index in [2.05, 4.69) is 15.2 Å². The molecule has 1 aliphatic heterocycles. The van der Waals surface area contributed by atoms with Gasteiger partial charge in [-0.1, -0.05) is 13.8 Å². The second kappa shape index (κ2) is 5.49. The van der Waals surface area contributed by atoms with Crippen LogP contribution in [0, 0.1) is 5.92 Å². The Bertz CT molecular complexity index is 364. The lowest BCUT2D eigenvalue weighted by Gasteiger charge is -2.24. The van der Waals surface area contributed by atoms with Gasteiger partial charge in [-0.05, 0) is 12.8 Å². The molecule has 0 aliphatic carbocycles. The lowest BCUT2D eigenvalue weighted by Crippen LogP contribution is -2.41. The molecular weight excluding hydrogens is 234 g/mol. The molecule has 1 aliphatic rings. The third kappa shape index (κ3) is 2.97. The minimum absolute atomic E-state index is 0.0599. The quantitative estimate of drug-likeness (QED) is 0.891. The number of carbonyl (C=O) groups is 1. The summed E-state index contributed by atoms with van der Waals surface area (Å²) >= 11 is 1.67. The fourth-order valence-corrected chi connectivity index (χ4v) is 2.82. The Hall–Kier alpha value is -1.10. The number of nitrogens with zero attached hydrogens (tertiary/aromatic N) is 2. The topological polar surface area (TPSA) is 45.2 Å². The standard InChI is InChI=1S/C12H19N3OS/c1-9(2)11(16)14-8-10-4-3-6-15(10)12-13-5-7-17-12/h5,7,9-10H,3-4,6,8H2,1-2H3,(H,14,16). The molecule has 0 radical (unpaired) electrons. The monoisotopic (exact) mass is 253 g/mol. The lowest BCUT2D eigenvalue weighted by molar-refractivity contribution is -0.124. The molecule has 0 aromatic carbocycles. The van der Waals surface area contributed by atoms with E-state index in [0.717, 1.165) is 24.6 Å². The third-order valence-corrected chi connectivity index (χ3v) is 3.89.